The van der Waals surface area contributed by atoms with Crippen molar-refractivity contribution in [1.29, 1.82) is 0 Å². The van der Waals surface area contributed by atoms with Crippen LogP contribution in [0.4, 0.5) is 0 Å². The smallest absolute Gasteiger partial charge is 0.225 e. The van der Waals surface area contributed by atoms with Crippen LogP contribution in [0.25, 0.3) is 22.3 Å². The van der Waals surface area contributed by atoms with Gasteiger partial charge in [0.2, 0.25) is 22.7 Å². The van der Waals surface area contributed by atoms with E-state index in [1.165, 1.54) is 18.2 Å². The molecule has 9 heteroatoms. The Bertz CT molecular complexity index is 1050. The lowest BCUT2D eigenvalue weighted by Crippen LogP contribution is -2.12. The maximum Gasteiger partial charge on any atom is 0.225 e. The summed E-state index contributed by atoms with van der Waals surface area (Å²) < 4.78 is 5.70. The Morgan fingerprint density at radius 2 is 1.77 bits per heavy atom. The van der Waals surface area contributed by atoms with Gasteiger partial charge in [0, 0.05) is 17.2 Å². The summed E-state index contributed by atoms with van der Waals surface area (Å²) in [6.45, 7) is 1.69. The van der Waals surface area contributed by atoms with Crippen LogP contribution in [-0.4, -0.2) is 25.8 Å². The molecule has 0 aliphatic carbocycles. The molecule has 0 saturated carbocycles. The molecule has 0 aliphatic heterocycles. The third-order valence-electron chi connectivity index (χ3n) is 3.95. The van der Waals surface area contributed by atoms with Crippen LogP contribution in [0, 0.1) is 0 Å². The zero-order valence-electron chi connectivity index (χ0n) is 13.4. The van der Waals surface area contributed by atoms with E-state index in [1.54, 1.807) is 6.92 Å². The minimum Gasteiger partial charge on any atom is -0.504 e. The number of phenols is 3. The van der Waals surface area contributed by atoms with E-state index in [0.717, 1.165) is 6.07 Å². The Labute approximate surface area is 145 Å². The molecule has 0 aliphatic rings. The zero-order chi connectivity index (χ0) is 19.0. The average Bonchev–Trinajstić information content (AvgIpc) is 2.63. The number of hydrogen-bond donors (Lipinski definition) is 5. The van der Waals surface area contributed by atoms with Crippen molar-refractivity contribution >= 4 is 11.0 Å². The summed E-state index contributed by atoms with van der Waals surface area (Å²) in [6, 6.07) is 4.92. The molecule has 2 aromatic carbocycles. The molecule has 136 valence electrons. The van der Waals surface area contributed by atoms with Crippen molar-refractivity contribution in [1.82, 2.24) is 0 Å². The quantitative estimate of drug-likeness (QED) is 0.268. The van der Waals surface area contributed by atoms with Crippen molar-refractivity contribution in [3.63, 3.8) is 0 Å². The van der Waals surface area contributed by atoms with E-state index in [-0.39, 0.29) is 34.5 Å². The number of phenolic OH excluding ortho intramolecular Hbond substituents is 3. The molecule has 0 amide bonds. The first-order valence-electron chi connectivity index (χ1n) is 7.43. The fourth-order valence-corrected chi connectivity index (χ4v) is 2.70. The third-order valence-corrected chi connectivity index (χ3v) is 3.95. The van der Waals surface area contributed by atoms with Gasteiger partial charge in [-0.2, -0.15) is 0 Å². The van der Waals surface area contributed by atoms with Gasteiger partial charge in [0.15, 0.2) is 11.5 Å². The average molecular weight is 362 g/mol. The Morgan fingerprint density at radius 1 is 1.04 bits per heavy atom. The van der Waals surface area contributed by atoms with E-state index < -0.39 is 28.4 Å². The predicted molar refractivity (Wildman–Crippen MR) is 88.8 cm³/mol. The predicted octanol–water partition coefficient (Wildman–Crippen LogP) is 2.84. The van der Waals surface area contributed by atoms with Crippen LogP contribution in [0.1, 0.15) is 12.5 Å². The standard InChI is InChI=1S/C17H14O9/c1-2-8-14(20)13-11(6-12(25-22)15(21)17(13)26-23)24-16(8)7-3-4-9(18)10(19)5-7/h3-6,18-19,21-23H,2H2,1H3. The lowest BCUT2D eigenvalue weighted by molar-refractivity contribution is -0.146. The normalized spacial score (nSPS) is 10.9. The van der Waals surface area contributed by atoms with E-state index >= 15 is 0 Å². The van der Waals surface area contributed by atoms with Gasteiger partial charge in [0.1, 0.15) is 16.7 Å². The zero-order valence-corrected chi connectivity index (χ0v) is 13.4. The van der Waals surface area contributed by atoms with E-state index in [0.29, 0.717) is 5.56 Å². The van der Waals surface area contributed by atoms with E-state index in [2.05, 4.69) is 9.78 Å². The molecule has 3 rings (SSSR count). The largest absolute Gasteiger partial charge is 0.504 e. The van der Waals surface area contributed by atoms with Crippen LogP contribution in [-0.2, 0) is 6.42 Å². The molecular formula is C17H14O9. The highest BCUT2D eigenvalue weighted by molar-refractivity contribution is 5.90. The Hall–Kier alpha value is -3.43. The molecule has 3 aromatic rings. The Morgan fingerprint density at radius 3 is 2.35 bits per heavy atom. The molecule has 0 atom stereocenters. The van der Waals surface area contributed by atoms with Gasteiger partial charge in [0.25, 0.3) is 0 Å². The minimum atomic E-state index is -0.785. The van der Waals surface area contributed by atoms with Gasteiger partial charge in [-0.1, -0.05) is 6.92 Å². The lowest BCUT2D eigenvalue weighted by atomic mass is 10.0. The van der Waals surface area contributed by atoms with Crippen molar-refractivity contribution in [2.45, 2.75) is 13.3 Å². The maximum absolute atomic E-state index is 12.9. The summed E-state index contributed by atoms with van der Waals surface area (Å²) in [5, 5.41) is 46.7. The Balaban J connectivity index is 2.43. The van der Waals surface area contributed by atoms with Crippen molar-refractivity contribution in [2.24, 2.45) is 0 Å². The topological polar surface area (TPSA) is 150 Å². The summed E-state index contributed by atoms with van der Waals surface area (Å²) >= 11 is 0. The van der Waals surface area contributed by atoms with Crippen LogP contribution in [0.15, 0.2) is 33.5 Å². The molecular weight excluding hydrogens is 348 g/mol. The SMILES string of the molecule is CCc1c(-c2ccc(O)c(O)c2)oc2cc(OO)c(O)c(OO)c2c1=O. The molecule has 0 saturated heterocycles. The number of benzene rings is 2. The van der Waals surface area contributed by atoms with Crippen LogP contribution in [0.2, 0.25) is 0 Å². The van der Waals surface area contributed by atoms with Crippen LogP contribution < -0.4 is 15.2 Å². The maximum atomic E-state index is 12.9. The van der Waals surface area contributed by atoms with E-state index in [9.17, 15) is 20.1 Å². The molecule has 0 bridgehead atoms. The molecule has 9 nitrogen and oxygen atoms in total. The first-order valence-corrected chi connectivity index (χ1v) is 7.43. The van der Waals surface area contributed by atoms with Gasteiger partial charge in [-0.05, 0) is 24.6 Å². The third kappa shape index (κ3) is 2.55. The first kappa shape index (κ1) is 17.4. The van der Waals surface area contributed by atoms with Crippen molar-refractivity contribution in [2.75, 3.05) is 0 Å². The Kier molecular flexibility index (Phi) is 4.33. The number of fused-ring (bicyclic) bond motifs is 1. The summed E-state index contributed by atoms with van der Waals surface area (Å²) in [5.74, 6) is -2.57. The van der Waals surface area contributed by atoms with Crippen molar-refractivity contribution in [3.8, 4) is 40.1 Å². The highest BCUT2D eigenvalue weighted by Gasteiger charge is 2.24. The van der Waals surface area contributed by atoms with Gasteiger partial charge in [0.05, 0.1) is 0 Å². The second kappa shape index (κ2) is 6.47. The van der Waals surface area contributed by atoms with Crippen molar-refractivity contribution in [3.05, 3.63) is 40.1 Å². The van der Waals surface area contributed by atoms with E-state index in [4.69, 9.17) is 14.9 Å². The molecule has 0 radical (unpaired) electrons. The summed E-state index contributed by atoms with van der Waals surface area (Å²) in [7, 11) is 0. The monoisotopic (exact) mass is 362 g/mol. The number of aromatic hydroxyl groups is 3. The fraction of sp³-hybridized carbons (Fsp3) is 0.118. The molecule has 0 unspecified atom stereocenters. The van der Waals surface area contributed by atoms with Gasteiger partial charge in [-0.25, -0.2) is 10.5 Å². The summed E-state index contributed by atoms with van der Waals surface area (Å²) in [5.41, 5.74) is -0.263. The summed E-state index contributed by atoms with van der Waals surface area (Å²) in [4.78, 5) is 20.9. The number of hydrogen-bond acceptors (Lipinski definition) is 9. The minimum absolute atomic E-state index is 0.0961. The molecule has 0 spiro atoms. The molecule has 1 aromatic heterocycles. The molecule has 5 N–H and O–H groups in total. The highest BCUT2D eigenvalue weighted by Crippen LogP contribution is 2.43. The molecule has 26 heavy (non-hydrogen) atoms. The first-order chi connectivity index (χ1) is 12.4. The van der Waals surface area contributed by atoms with Gasteiger partial charge < -0.3 is 29.5 Å². The van der Waals surface area contributed by atoms with E-state index in [1.807, 2.05) is 0 Å². The second-order valence-electron chi connectivity index (χ2n) is 5.40. The van der Waals surface area contributed by atoms with Crippen LogP contribution >= 0.6 is 0 Å². The molecule has 1 heterocycles. The van der Waals surface area contributed by atoms with Gasteiger partial charge in [-0.3, -0.25) is 4.79 Å². The lowest BCUT2D eigenvalue weighted by Gasteiger charge is -2.12. The number of rotatable bonds is 4. The van der Waals surface area contributed by atoms with Gasteiger partial charge >= 0.3 is 0 Å². The fourth-order valence-electron chi connectivity index (χ4n) is 2.70. The van der Waals surface area contributed by atoms with Gasteiger partial charge in [-0.15, -0.1) is 0 Å². The van der Waals surface area contributed by atoms with Crippen LogP contribution in [0.5, 0.6) is 28.7 Å². The van der Waals surface area contributed by atoms with Crippen molar-refractivity contribution < 1.29 is 40.0 Å². The molecule has 0 fully saturated rings. The summed E-state index contributed by atoms with van der Waals surface area (Å²) in [6.07, 6.45) is 0.221. The highest BCUT2D eigenvalue weighted by atomic mass is 17.1. The van der Waals surface area contributed by atoms with Crippen LogP contribution in [0.3, 0.4) is 0 Å². The second-order valence-corrected chi connectivity index (χ2v) is 5.40.